The molecule has 0 N–H and O–H groups in total. The Kier molecular flexibility index (Phi) is 3.39. The lowest BCUT2D eigenvalue weighted by Crippen LogP contribution is -2.57. The predicted molar refractivity (Wildman–Crippen MR) is 94.0 cm³/mol. The van der Waals surface area contributed by atoms with Crippen LogP contribution in [0.25, 0.3) is 10.8 Å². The molecule has 5 heteroatoms. The van der Waals surface area contributed by atoms with Gasteiger partial charge in [0.05, 0.1) is 12.5 Å². The number of amides is 1. The van der Waals surface area contributed by atoms with E-state index >= 15 is 0 Å². The van der Waals surface area contributed by atoms with Gasteiger partial charge < -0.3 is 9.64 Å². The van der Waals surface area contributed by atoms with Gasteiger partial charge in [-0.25, -0.2) is 0 Å². The third-order valence-corrected chi connectivity index (χ3v) is 6.05. The number of carbonyl (C=O) groups excluding carboxylic acids is 2. The van der Waals surface area contributed by atoms with Crippen molar-refractivity contribution in [3.05, 3.63) is 42.2 Å². The average Bonchev–Trinajstić information content (AvgIpc) is 2.96. The molecule has 1 aliphatic heterocycles. The Morgan fingerprint density at radius 3 is 2.80 bits per heavy atom. The maximum Gasteiger partial charge on any atom is 0.314 e. The van der Waals surface area contributed by atoms with E-state index in [4.69, 9.17) is 4.74 Å². The van der Waals surface area contributed by atoms with Gasteiger partial charge in [0.25, 0.3) is 5.91 Å². The molecule has 1 amide bonds. The molecule has 0 spiro atoms. The summed E-state index contributed by atoms with van der Waals surface area (Å²) in [6.07, 6.45) is 4.22. The first-order valence-electron chi connectivity index (χ1n) is 8.59. The van der Waals surface area contributed by atoms with Gasteiger partial charge in [0.1, 0.15) is 0 Å². The predicted octanol–water partition coefficient (Wildman–Crippen LogP) is 2.90. The number of rotatable bonds is 2. The zero-order valence-electron chi connectivity index (χ0n) is 14.8. The zero-order valence-corrected chi connectivity index (χ0v) is 14.8. The number of benzene rings is 1. The van der Waals surface area contributed by atoms with Gasteiger partial charge in [-0.1, -0.05) is 26.0 Å². The van der Waals surface area contributed by atoms with Crippen LogP contribution in [0, 0.1) is 16.7 Å². The van der Waals surface area contributed by atoms with Gasteiger partial charge in [-0.15, -0.1) is 0 Å². The first-order valence-corrected chi connectivity index (χ1v) is 8.59. The Morgan fingerprint density at radius 1 is 1.28 bits per heavy atom. The summed E-state index contributed by atoms with van der Waals surface area (Å²) in [6.45, 7) is 5.35. The molecule has 0 unspecified atom stereocenters. The van der Waals surface area contributed by atoms with Gasteiger partial charge in [-0.3, -0.25) is 14.6 Å². The van der Waals surface area contributed by atoms with Gasteiger partial charge in [0.2, 0.25) is 0 Å². The number of hydrogen-bond acceptors (Lipinski definition) is 4. The topological polar surface area (TPSA) is 59.5 Å². The minimum atomic E-state index is -0.545. The van der Waals surface area contributed by atoms with Crippen molar-refractivity contribution in [1.29, 1.82) is 0 Å². The average molecular weight is 338 g/mol. The minimum absolute atomic E-state index is 0.0351. The van der Waals surface area contributed by atoms with Crippen molar-refractivity contribution in [2.45, 2.75) is 20.3 Å². The number of nitrogens with zero attached hydrogens (tertiary/aromatic N) is 2. The van der Waals surface area contributed by atoms with Gasteiger partial charge in [-0.05, 0) is 35.3 Å². The summed E-state index contributed by atoms with van der Waals surface area (Å²) in [5.41, 5.74) is 0.144. The number of carbonyl (C=O) groups is 2. The van der Waals surface area contributed by atoms with Crippen LogP contribution < -0.4 is 0 Å². The third kappa shape index (κ3) is 2.18. The lowest BCUT2D eigenvalue weighted by Gasteiger charge is -2.54. The number of esters is 1. The smallest absolute Gasteiger partial charge is 0.314 e. The highest BCUT2D eigenvalue weighted by atomic mass is 16.5. The van der Waals surface area contributed by atoms with Crippen molar-refractivity contribution in [2.24, 2.45) is 16.7 Å². The van der Waals surface area contributed by atoms with Crippen LogP contribution in [0.3, 0.4) is 0 Å². The Morgan fingerprint density at radius 2 is 2.08 bits per heavy atom. The van der Waals surface area contributed by atoms with E-state index in [0.29, 0.717) is 18.7 Å². The summed E-state index contributed by atoms with van der Waals surface area (Å²) in [5.74, 6) is -0.0803. The van der Waals surface area contributed by atoms with Crippen molar-refractivity contribution < 1.29 is 14.3 Å². The summed E-state index contributed by atoms with van der Waals surface area (Å²) < 4.78 is 5.07. The second-order valence-corrected chi connectivity index (χ2v) is 7.95. The maximum atomic E-state index is 13.2. The van der Waals surface area contributed by atoms with Crippen LogP contribution in [0.2, 0.25) is 0 Å². The van der Waals surface area contributed by atoms with Gasteiger partial charge >= 0.3 is 5.97 Å². The molecule has 4 rings (SSSR count). The van der Waals surface area contributed by atoms with E-state index < -0.39 is 5.41 Å². The second-order valence-electron chi connectivity index (χ2n) is 7.95. The number of hydrogen-bond donors (Lipinski definition) is 0. The summed E-state index contributed by atoms with van der Waals surface area (Å²) >= 11 is 0. The fourth-order valence-corrected chi connectivity index (χ4v) is 5.00. The van der Waals surface area contributed by atoms with E-state index in [1.807, 2.05) is 29.2 Å². The van der Waals surface area contributed by atoms with Crippen LogP contribution in [0.15, 0.2) is 36.7 Å². The molecule has 1 aliphatic carbocycles. The maximum absolute atomic E-state index is 13.2. The van der Waals surface area contributed by atoms with Crippen LogP contribution in [-0.2, 0) is 9.53 Å². The quantitative estimate of drug-likeness (QED) is 0.790. The summed E-state index contributed by atoms with van der Waals surface area (Å²) in [5, 5.41) is 1.84. The SMILES string of the molecule is COC(=O)[C@@]12CN(C(=O)c3cccc4ccncc34)C[C@@H]1C(C)(C)C2. The van der Waals surface area contributed by atoms with E-state index in [1.54, 1.807) is 12.4 Å². The molecule has 0 radical (unpaired) electrons. The molecule has 1 aromatic carbocycles. The van der Waals surface area contributed by atoms with Crippen molar-refractivity contribution in [3.8, 4) is 0 Å². The Bertz CT molecular complexity index is 871. The van der Waals surface area contributed by atoms with Crippen LogP contribution >= 0.6 is 0 Å². The van der Waals surface area contributed by atoms with Gasteiger partial charge in [-0.2, -0.15) is 0 Å². The molecular weight excluding hydrogens is 316 g/mol. The first-order chi connectivity index (χ1) is 11.9. The summed E-state index contributed by atoms with van der Waals surface area (Å²) in [6, 6.07) is 7.60. The highest BCUT2D eigenvalue weighted by Crippen LogP contribution is 2.63. The van der Waals surface area contributed by atoms with Crippen LogP contribution in [0.1, 0.15) is 30.6 Å². The molecule has 2 aromatic rings. The van der Waals surface area contributed by atoms with Crippen LogP contribution in [0.5, 0.6) is 0 Å². The first kappa shape index (κ1) is 16.1. The van der Waals surface area contributed by atoms with Crippen molar-refractivity contribution in [3.63, 3.8) is 0 Å². The summed E-state index contributed by atoms with van der Waals surface area (Å²) in [7, 11) is 1.43. The lowest BCUT2D eigenvalue weighted by molar-refractivity contribution is -0.174. The Balaban J connectivity index is 1.69. The molecule has 1 aromatic heterocycles. The number of methoxy groups -OCH3 is 1. The zero-order chi connectivity index (χ0) is 17.8. The molecule has 2 heterocycles. The lowest BCUT2D eigenvalue weighted by atomic mass is 9.48. The van der Waals surface area contributed by atoms with Gasteiger partial charge in [0, 0.05) is 36.4 Å². The van der Waals surface area contributed by atoms with Crippen molar-refractivity contribution in [1.82, 2.24) is 9.88 Å². The molecule has 2 aliphatic rings. The van der Waals surface area contributed by atoms with Crippen molar-refractivity contribution >= 4 is 22.6 Å². The highest BCUT2D eigenvalue weighted by Gasteiger charge is 2.68. The third-order valence-electron chi connectivity index (χ3n) is 6.05. The molecule has 2 fully saturated rings. The second kappa shape index (κ2) is 5.28. The minimum Gasteiger partial charge on any atom is -0.469 e. The summed E-state index contributed by atoms with van der Waals surface area (Å²) in [4.78, 5) is 31.6. The fraction of sp³-hybridized carbons (Fsp3) is 0.450. The molecule has 25 heavy (non-hydrogen) atoms. The van der Waals surface area contributed by atoms with Crippen LogP contribution in [-0.4, -0.2) is 42.0 Å². The Labute approximate surface area is 147 Å². The standard InChI is InChI=1S/C20H22N2O3/c1-19(2)11-20(18(24)25-3)12-22(10-16(19)20)17(23)14-6-4-5-13-7-8-21-9-15(13)14/h4-9,16H,10-12H2,1-3H3/t16-,20+/m1/s1. The van der Waals surface area contributed by atoms with E-state index in [2.05, 4.69) is 18.8 Å². The molecule has 1 saturated carbocycles. The highest BCUT2D eigenvalue weighted by molar-refractivity contribution is 6.07. The molecule has 0 bridgehead atoms. The normalized spacial score (nSPS) is 26.8. The van der Waals surface area contributed by atoms with E-state index in [9.17, 15) is 9.59 Å². The van der Waals surface area contributed by atoms with Crippen LogP contribution in [0.4, 0.5) is 0 Å². The van der Waals surface area contributed by atoms with E-state index in [1.165, 1.54) is 7.11 Å². The molecule has 1 saturated heterocycles. The Hall–Kier alpha value is -2.43. The van der Waals surface area contributed by atoms with E-state index in [0.717, 1.165) is 17.2 Å². The fourth-order valence-electron chi connectivity index (χ4n) is 5.00. The van der Waals surface area contributed by atoms with E-state index in [-0.39, 0.29) is 23.2 Å². The molecule has 2 atom stereocenters. The molecule has 130 valence electrons. The molecular formula is C20H22N2O3. The van der Waals surface area contributed by atoms with Crippen molar-refractivity contribution in [2.75, 3.05) is 20.2 Å². The van der Waals surface area contributed by atoms with Gasteiger partial charge in [0.15, 0.2) is 0 Å². The monoisotopic (exact) mass is 338 g/mol. The number of pyridine rings is 1. The number of ether oxygens (including phenoxy) is 1. The number of aromatic nitrogens is 1. The molecule has 5 nitrogen and oxygen atoms in total. The largest absolute Gasteiger partial charge is 0.469 e. The number of fused-ring (bicyclic) bond motifs is 2. The number of likely N-dealkylation sites (tertiary alicyclic amines) is 1.